The highest BCUT2D eigenvalue weighted by Crippen LogP contribution is 2.22. The standard InChI is InChI=1S/C17H26N2O2/c1-4-14-5-7-15(8-6-14)16(13(2)3)18-17(20)19-9-11-21-12-10-19/h5-8,13,16H,4,9-12H2,1-3H3,(H,18,20). The van der Waals surface area contributed by atoms with Crippen molar-refractivity contribution in [3.8, 4) is 0 Å². The second-order valence-corrected chi connectivity index (χ2v) is 5.87. The summed E-state index contributed by atoms with van der Waals surface area (Å²) in [5.74, 6) is 0.350. The summed E-state index contributed by atoms with van der Waals surface area (Å²) in [7, 11) is 0. The van der Waals surface area contributed by atoms with E-state index < -0.39 is 0 Å². The van der Waals surface area contributed by atoms with Crippen LogP contribution in [0, 0.1) is 5.92 Å². The number of ether oxygens (including phenoxy) is 1. The second-order valence-electron chi connectivity index (χ2n) is 5.87. The molecule has 1 saturated heterocycles. The molecular weight excluding hydrogens is 264 g/mol. The number of hydrogen-bond donors (Lipinski definition) is 1. The topological polar surface area (TPSA) is 41.6 Å². The first-order valence-electron chi connectivity index (χ1n) is 7.83. The van der Waals surface area contributed by atoms with Crippen LogP contribution in [0.5, 0.6) is 0 Å². The van der Waals surface area contributed by atoms with Gasteiger partial charge < -0.3 is 15.0 Å². The second kappa shape index (κ2) is 7.46. The van der Waals surface area contributed by atoms with Gasteiger partial charge in [0, 0.05) is 13.1 Å². The smallest absolute Gasteiger partial charge is 0.318 e. The van der Waals surface area contributed by atoms with Gasteiger partial charge in [0.25, 0.3) is 0 Å². The van der Waals surface area contributed by atoms with Crippen molar-refractivity contribution in [2.45, 2.75) is 33.2 Å². The van der Waals surface area contributed by atoms with E-state index in [9.17, 15) is 4.79 Å². The molecule has 2 rings (SSSR count). The molecule has 1 fully saturated rings. The summed E-state index contributed by atoms with van der Waals surface area (Å²) in [4.78, 5) is 14.2. The Labute approximate surface area is 127 Å². The van der Waals surface area contributed by atoms with E-state index in [-0.39, 0.29) is 12.1 Å². The quantitative estimate of drug-likeness (QED) is 0.926. The summed E-state index contributed by atoms with van der Waals surface area (Å²) in [5.41, 5.74) is 2.49. The molecule has 1 aliphatic heterocycles. The van der Waals surface area contributed by atoms with E-state index in [0.717, 1.165) is 6.42 Å². The predicted molar refractivity (Wildman–Crippen MR) is 84.3 cm³/mol. The van der Waals surface area contributed by atoms with Gasteiger partial charge in [-0.1, -0.05) is 45.0 Å². The molecule has 1 atom stereocenters. The van der Waals surface area contributed by atoms with Gasteiger partial charge in [-0.2, -0.15) is 0 Å². The minimum Gasteiger partial charge on any atom is -0.378 e. The molecule has 2 amide bonds. The van der Waals surface area contributed by atoms with Gasteiger partial charge in [-0.15, -0.1) is 0 Å². The number of urea groups is 1. The largest absolute Gasteiger partial charge is 0.378 e. The Kier molecular flexibility index (Phi) is 5.62. The van der Waals surface area contributed by atoms with Gasteiger partial charge in [0.05, 0.1) is 19.3 Å². The third kappa shape index (κ3) is 4.21. The van der Waals surface area contributed by atoms with Crippen molar-refractivity contribution in [1.82, 2.24) is 10.2 Å². The molecule has 0 radical (unpaired) electrons. The summed E-state index contributed by atoms with van der Waals surface area (Å²) in [5, 5.41) is 3.17. The number of hydrogen-bond acceptors (Lipinski definition) is 2. The summed E-state index contributed by atoms with van der Waals surface area (Å²) < 4.78 is 5.29. The number of morpholine rings is 1. The number of nitrogens with one attached hydrogen (secondary N) is 1. The Bertz CT molecular complexity index is 450. The van der Waals surface area contributed by atoms with Crippen molar-refractivity contribution in [1.29, 1.82) is 0 Å². The maximum Gasteiger partial charge on any atom is 0.318 e. The van der Waals surface area contributed by atoms with Crippen LogP contribution in [0.25, 0.3) is 0 Å². The van der Waals surface area contributed by atoms with Crippen LogP contribution < -0.4 is 5.32 Å². The zero-order valence-electron chi connectivity index (χ0n) is 13.3. The normalized spacial score (nSPS) is 16.9. The van der Waals surface area contributed by atoms with Crippen LogP contribution >= 0.6 is 0 Å². The molecule has 21 heavy (non-hydrogen) atoms. The molecule has 1 unspecified atom stereocenters. The van der Waals surface area contributed by atoms with Crippen LogP contribution in [0.4, 0.5) is 4.79 Å². The number of nitrogens with zero attached hydrogens (tertiary/aromatic N) is 1. The maximum absolute atomic E-state index is 12.4. The fourth-order valence-corrected chi connectivity index (χ4v) is 2.59. The van der Waals surface area contributed by atoms with Gasteiger partial charge in [0.2, 0.25) is 0 Å². The molecule has 0 aliphatic carbocycles. The average molecular weight is 290 g/mol. The van der Waals surface area contributed by atoms with Gasteiger partial charge in [-0.3, -0.25) is 0 Å². The molecule has 0 saturated carbocycles. The van der Waals surface area contributed by atoms with Gasteiger partial charge in [0.1, 0.15) is 0 Å². The van der Waals surface area contributed by atoms with Gasteiger partial charge in [-0.05, 0) is 23.5 Å². The lowest BCUT2D eigenvalue weighted by atomic mass is 9.95. The lowest BCUT2D eigenvalue weighted by Crippen LogP contribution is -2.47. The number of benzene rings is 1. The van der Waals surface area contributed by atoms with Gasteiger partial charge in [0.15, 0.2) is 0 Å². The van der Waals surface area contributed by atoms with E-state index in [1.54, 1.807) is 0 Å². The van der Waals surface area contributed by atoms with E-state index in [2.05, 4.69) is 50.4 Å². The van der Waals surface area contributed by atoms with Crippen molar-refractivity contribution in [3.63, 3.8) is 0 Å². The van der Waals surface area contributed by atoms with E-state index in [0.29, 0.717) is 32.2 Å². The molecule has 1 N–H and O–H groups in total. The van der Waals surface area contributed by atoms with Crippen LogP contribution in [-0.2, 0) is 11.2 Å². The Morgan fingerprint density at radius 3 is 2.38 bits per heavy atom. The van der Waals surface area contributed by atoms with E-state index in [1.807, 2.05) is 4.90 Å². The number of rotatable bonds is 4. The zero-order valence-corrected chi connectivity index (χ0v) is 13.3. The monoisotopic (exact) mass is 290 g/mol. The lowest BCUT2D eigenvalue weighted by Gasteiger charge is -2.31. The van der Waals surface area contributed by atoms with E-state index in [1.165, 1.54) is 11.1 Å². The first-order valence-corrected chi connectivity index (χ1v) is 7.83. The predicted octanol–water partition coefficient (Wildman–Crippen LogP) is 2.99. The van der Waals surface area contributed by atoms with Gasteiger partial charge in [-0.25, -0.2) is 4.79 Å². The Morgan fingerprint density at radius 2 is 1.86 bits per heavy atom. The first-order chi connectivity index (χ1) is 10.1. The van der Waals surface area contributed by atoms with E-state index in [4.69, 9.17) is 4.74 Å². The first kappa shape index (κ1) is 15.8. The zero-order chi connectivity index (χ0) is 15.2. The molecular formula is C17H26N2O2. The average Bonchev–Trinajstić information content (AvgIpc) is 2.53. The third-order valence-corrected chi connectivity index (χ3v) is 3.99. The minimum absolute atomic E-state index is 0.0107. The molecule has 0 spiro atoms. The van der Waals surface area contributed by atoms with Crippen LogP contribution in [0.3, 0.4) is 0 Å². The summed E-state index contributed by atoms with van der Waals surface area (Å²) in [6.45, 7) is 9.03. The highest BCUT2D eigenvalue weighted by Gasteiger charge is 2.23. The number of aryl methyl sites for hydroxylation is 1. The Hall–Kier alpha value is -1.55. The molecule has 0 aromatic heterocycles. The molecule has 116 valence electrons. The third-order valence-electron chi connectivity index (χ3n) is 3.99. The molecule has 4 nitrogen and oxygen atoms in total. The van der Waals surface area contributed by atoms with Crippen LogP contribution in [0.1, 0.15) is 37.9 Å². The summed E-state index contributed by atoms with van der Waals surface area (Å²) in [6, 6.07) is 8.60. The van der Waals surface area contributed by atoms with Crippen molar-refractivity contribution in [3.05, 3.63) is 35.4 Å². The van der Waals surface area contributed by atoms with Crippen molar-refractivity contribution in [2.75, 3.05) is 26.3 Å². The van der Waals surface area contributed by atoms with Crippen LogP contribution in [-0.4, -0.2) is 37.2 Å². The number of carbonyl (C=O) groups excluding carboxylic acids is 1. The maximum atomic E-state index is 12.4. The fourth-order valence-electron chi connectivity index (χ4n) is 2.59. The fraction of sp³-hybridized carbons (Fsp3) is 0.588. The van der Waals surface area contributed by atoms with Crippen LogP contribution in [0.2, 0.25) is 0 Å². The molecule has 1 aromatic rings. The molecule has 1 aromatic carbocycles. The molecule has 4 heteroatoms. The van der Waals surface area contributed by atoms with E-state index >= 15 is 0 Å². The molecule has 1 heterocycles. The SMILES string of the molecule is CCc1ccc(C(NC(=O)N2CCOCC2)C(C)C)cc1. The number of amides is 2. The Balaban J connectivity index is 2.05. The van der Waals surface area contributed by atoms with Crippen molar-refractivity contribution >= 4 is 6.03 Å². The molecule has 0 bridgehead atoms. The lowest BCUT2D eigenvalue weighted by molar-refractivity contribution is 0.0520. The number of carbonyl (C=O) groups is 1. The summed E-state index contributed by atoms with van der Waals surface area (Å²) in [6.07, 6.45) is 1.03. The highest BCUT2D eigenvalue weighted by atomic mass is 16.5. The highest BCUT2D eigenvalue weighted by molar-refractivity contribution is 5.74. The van der Waals surface area contributed by atoms with Gasteiger partial charge >= 0.3 is 6.03 Å². The summed E-state index contributed by atoms with van der Waals surface area (Å²) >= 11 is 0. The van der Waals surface area contributed by atoms with Crippen LogP contribution in [0.15, 0.2) is 24.3 Å². The van der Waals surface area contributed by atoms with Crippen molar-refractivity contribution < 1.29 is 9.53 Å². The Morgan fingerprint density at radius 1 is 1.24 bits per heavy atom. The van der Waals surface area contributed by atoms with Crippen molar-refractivity contribution in [2.24, 2.45) is 5.92 Å². The minimum atomic E-state index is 0.0107. The molecule has 1 aliphatic rings.